The highest BCUT2D eigenvalue weighted by Crippen LogP contribution is 2.22. The first kappa shape index (κ1) is 16.7. The van der Waals surface area contributed by atoms with Crippen molar-refractivity contribution >= 4 is 0 Å². The zero-order chi connectivity index (χ0) is 17.9. The molecule has 3 aromatic rings. The molecule has 1 aliphatic heterocycles. The lowest BCUT2D eigenvalue weighted by Crippen LogP contribution is -2.27. The largest absolute Gasteiger partial charge is 0.497 e. The number of nitrogens with zero attached hydrogens (tertiary/aromatic N) is 4. The molecule has 1 aliphatic rings. The van der Waals surface area contributed by atoms with Gasteiger partial charge in [-0.05, 0) is 6.07 Å². The van der Waals surface area contributed by atoms with E-state index in [1.165, 1.54) is 6.07 Å². The Hall–Kier alpha value is -2.73. The molecule has 6 heteroatoms. The molecule has 5 nitrogen and oxygen atoms in total. The molecule has 0 saturated heterocycles. The molecule has 134 valence electrons. The van der Waals surface area contributed by atoms with Gasteiger partial charge < -0.3 is 9.30 Å². The van der Waals surface area contributed by atoms with Crippen LogP contribution in [0.1, 0.15) is 11.4 Å². The summed E-state index contributed by atoms with van der Waals surface area (Å²) >= 11 is 0. The van der Waals surface area contributed by atoms with Gasteiger partial charge in [-0.3, -0.25) is 4.90 Å². The van der Waals surface area contributed by atoms with Crippen LogP contribution in [0.4, 0.5) is 4.39 Å². The summed E-state index contributed by atoms with van der Waals surface area (Å²) in [5, 5.41) is 8.74. The first-order valence-electron chi connectivity index (χ1n) is 8.77. The number of ether oxygens (including phenoxy) is 1. The van der Waals surface area contributed by atoms with Crippen molar-refractivity contribution in [1.82, 2.24) is 19.7 Å². The lowest BCUT2D eigenvalue weighted by atomic mass is 10.2. The van der Waals surface area contributed by atoms with E-state index in [9.17, 15) is 4.39 Å². The Labute approximate surface area is 152 Å². The van der Waals surface area contributed by atoms with Crippen LogP contribution >= 0.6 is 0 Å². The van der Waals surface area contributed by atoms with Crippen molar-refractivity contribution in [3.8, 4) is 17.1 Å². The van der Waals surface area contributed by atoms with E-state index >= 15 is 0 Å². The molecule has 0 aliphatic carbocycles. The van der Waals surface area contributed by atoms with Gasteiger partial charge in [-0.1, -0.05) is 36.4 Å². The number of fused-ring (bicyclic) bond motifs is 1. The van der Waals surface area contributed by atoms with E-state index in [-0.39, 0.29) is 5.82 Å². The molecule has 2 heterocycles. The van der Waals surface area contributed by atoms with Crippen LogP contribution in [0, 0.1) is 5.82 Å². The van der Waals surface area contributed by atoms with Gasteiger partial charge in [0.2, 0.25) is 0 Å². The second kappa shape index (κ2) is 7.25. The van der Waals surface area contributed by atoms with Crippen molar-refractivity contribution < 1.29 is 9.13 Å². The Kier molecular flexibility index (Phi) is 4.67. The van der Waals surface area contributed by atoms with Gasteiger partial charge in [0.1, 0.15) is 17.4 Å². The molecule has 0 amide bonds. The number of hydrogen-bond donors (Lipinski definition) is 0. The standard InChI is InChI=1S/C20H21FN4O/c1-26-17-8-7-16(18(21)13-17)14-24-10-9-19-22-23-20(25(19)12-11-24)15-5-3-2-4-6-15/h2-8,13H,9-12,14H2,1H3. The molecule has 0 fully saturated rings. The quantitative estimate of drug-likeness (QED) is 0.723. The molecule has 0 N–H and O–H groups in total. The Morgan fingerprint density at radius 1 is 1.04 bits per heavy atom. The van der Waals surface area contributed by atoms with Crippen LogP contribution in [-0.2, 0) is 19.5 Å². The zero-order valence-corrected chi connectivity index (χ0v) is 14.7. The van der Waals surface area contributed by atoms with Crippen LogP contribution < -0.4 is 4.74 Å². The van der Waals surface area contributed by atoms with E-state index in [4.69, 9.17) is 4.74 Å². The number of methoxy groups -OCH3 is 1. The van der Waals surface area contributed by atoms with Gasteiger partial charge >= 0.3 is 0 Å². The maximum atomic E-state index is 14.2. The van der Waals surface area contributed by atoms with Crippen molar-refractivity contribution in [2.45, 2.75) is 19.5 Å². The summed E-state index contributed by atoms with van der Waals surface area (Å²) < 4.78 is 21.5. The maximum absolute atomic E-state index is 14.2. The summed E-state index contributed by atoms with van der Waals surface area (Å²) in [5.41, 5.74) is 1.76. The summed E-state index contributed by atoms with van der Waals surface area (Å²) in [6, 6.07) is 15.1. The van der Waals surface area contributed by atoms with Crippen molar-refractivity contribution in [2.24, 2.45) is 0 Å². The molecular formula is C20H21FN4O. The third-order valence-electron chi connectivity index (χ3n) is 4.81. The fraction of sp³-hybridized carbons (Fsp3) is 0.300. The molecule has 1 aromatic heterocycles. The van der Waals surface area contributed by atoms with E-state index in [0.717, 1.165) is 43.3 Å². The smallest absolute Gasteiger partial charge is 0.164 e. The predicted molar refractivity (Wildman–Crippen MR) is 97.4 cm³/mol. The summed E-state index contributed by atoms with van der Waals surface area (Å²) in [6.07, 6.45) is 0.803. The average Bonchev–Trinajstić information content (AvgIpc) is 2.98. The number of hydrogen-bond acceptors (Lipinski definition) is 4. The SMILES string of the molecule is COc1ccc(CN2CCc3nnc(-c4ccccc4)n3CC2)c(F)c1. The Morgan fingerprint density at radius 2 is 1.88 bits per heavy atom. The molecule has 0 atom stereocenters. The van der Waals surface area contributed by atoms with Crippen molar-refractivity contribution in [1.29, 1.82) is 0 Å². The summed E-state index contributed by atoms with van der Waals surface area (Å²) in [4.78, 5) is 2.26. The van der Waals surface area contributed by atoms with Gasteiger partial charge in [-0.2, -0.15) is 0 Å². The molecule has 2 aromatic carbocycles. The monoisotopic (exact) mass is 352 g/mol. The third kappa shape index (κ3) is 3.32. The highest BCUT2D eigenvalue weighted by atomic mass is 19.1. The van der Waals surface area contributed by atoms with Crippen LogP contribution in [-0.4, -0.2) is 39.9 Å². The summed E-state index contributed by atoms with van der Waals surface area (Å²) in [5.74, 6) is 2.21. The Bertz CT molecular complexity index is 894. The van der Waals surface area contributed by atoms with Gasteiger partial charge in [-0.15, -0.1) is 10.2 Å². The van der Waals surface area contributed by atoms with E-state index in [1.54, 1.807) is 19.2 Å². The molecule has 26 heavy (non-hydrogen) atoms. The molecule has 0 bridgehead atoms. The predicted octanol–water partition coefficient (Wildman–Crippen LogP) is 3.15. The van der Waals surface area contributed by atoms with Gasteiger partial charge in [0, 0.05) is 49.8 Å². The highest BCUT2D eigenvalue weighted by Gasteiger charge is 2.20. The minimum Gasteiger partial charge on any atom is -0.497 e. The highest BCUT2D eigenvalue weighted by molar-refractivity contribution is 5.55. The van der Waals surface area contributed by atoms with Crippen LogP contribution in [0.5, 0.6) is 5.75 Å². The van der Waals surface area contributed by atoms with Gasteiger partial charge in [-0.25, -0.2) is 4.39 Å². The molecule has 0 saturated carbocycles. The fourth-order valence-electron chi connectivity index (χ4n) is 3.35. The van der Waals surface area contributed by atoms with Gasteiger partial charge in [0.25, 0.3) is 0 Å². The van der Waals surface area contributed by atoms with E-state index < -0.39 is 0 Å². The number of halogens is 1. The first-order chi connectivity index (χ1) is 12.7. The Balaban J connectivity index is 1.50. The van der Waals surface area contributed by atoms with E-state index in [2.05, 4.69) is 19.7 Å². The second-order valence-electron chi connectivity index (χ2n) is 6.44. The van der Waals surface area contributed by atoms with Crippen molar-refractivity contribution in [2.75, 3.05) is 20.2 Å². The van der Waals surface area contributed by atoms with Crippen molar-refractivity contribution in [3.05, 3.63) is 65.7 Å². The van der Waals surface area contributed by atoms with E-state index in [1.807, 2.05) is 30.3 Å². The third-order valence-corrected chi connectivity index (χ3v) is 4.81. The lowest BCUT2D eigenvalue weighted by molar-refractivity contribution is 0.267. The number of benzene rings is 2. The van der Waals surface area contributed by atoms with Crippen LogP contribution in [0.3, 0.4) is 0 Å². The lowest BCUT2D eigenvalue weighted by Gasteiger charge is -2.20. The first-order valence-corrected chi connectivity index (χ1v) is 8.77. The van der Waals surface area contributed by atoms with Crippen LogP contribution in [0.25, 0.3) is 11.4 Å². The van der Waals surface area contributed by atoms with Gasteiger partial charge in [0.05, 0.1) is 7.11 Å². The van der Waals surface area contributed by atoms with Crippen molar-refractivity contribution in [3.63, 3.8) is 0 Å². The fourth-order valence-corrected chi connectivity index (χ4v) is 3.35. The zero-order valence-electron chi connectivity index (χ0n) is 14.7. The van der Waals surface area contributed by atoms with Crippen LogP contribution in [0.2, 0.25) is 0 Å². The molecule has 0 spiro atoms. The normalized spacial score (nSPS) is 14.7. The number of aromatic nitrogens is 3. The summed E-state index contributed by atoms with van der Waals surface area (Å²) in [7, 11) is 1.54. The minimum absolute atomic E-state index is 0.224. The number of rotatable bonds is 4. The summed E-state index contributed by atoms with van der Waals surface area (Å²) in [6.45, 7) is 3.04. The van der Waals surface area contributed by atoms with E-state index in [0.29, 0.717) is 17.9 Å². The Morgan fingerprint density at radius 3 is 2.65 bits per heavy atom. The second-order valence-corrected chi connectivity index (χ2v) is 6.44. The molecular weight excluding hydrogens is 331 g/mol. The van der Waals surface area contributed by atoms with Crippen LogP contribution in [0.15, 0.2) is 48.5 Å². The maximum Gasteiger partial charge on any atom is 0.164 e. The molecule has 0 radical (unpaired) electrons. The molecule has 0 unspecified atom stereocenters. The minimum atomic E-state index is -0.224. The molecule has 4 rings (SSSR count). The van der Waals surface area contributed by atoms with Gasteiger partial charge in [0.15, 0.2) is 5.82 Å². The topological polar surface area (TPSA) is 43.2 Å². The average molecular weight is 352 g/mol.